The molecule has 0 radical (unpaired) electrons. The van der Waals surface area contributed by atoms with Gasteiger partial charge < -0.3 is 0 Å². The maximum atomic E-state index is 13.0. The molecule has 0 aliphatic rings. The van der Waals surface area contributed by atoms with Crippen LogP contribution < -0.4 is 3.74 Å². The maximum absolute atomic E-state index is 13.0. The molecule has 0 unspecified atom stereocenters. The van der Waals surface area contributed by atoms with Crippen molar-refractivity contribution in [1.29, 1.82) is 0 Å². The van der Waals surface area contributed by atoms with Crippen LogP contribution in [0.4, 0.5) is 0 Å². The number of para-hydroxylation sites is 1. The van der Waals surface area contributed by atoms with E-state index in [1.165, 1.54) is 3.97 Å². The van der Waals surface area contributed by atoms with Gasteiger partial charge in [0.25, 0.3) is 0 Å². The van der Waals surface area contributed by atoms with E-state index in [9.17, 15) is 8.42 Å². The minimum atomic E-state index is -3.53. The molecule has 0 atom stereocenters. The summed E-state index contributed by atoms with van der Waals surface area (Å²) in [6.07, 6.45) is 0. The van der Waals surface area contributed by atoms with Gasteiger partial charge in [0, 0.05) is 0 Å². The molecule has 102 valence electrons. The van der Waals surface area contributed by atoms with Crippen molar-refractivity contribution in [2.75, 3.05) is 0 Å². The predicted octanol–water partition coefficient (Wildman–Crippen LogP) is 1.60. The van der Waals surface area contributed by atoms with E-state index in [-0.39, 0.29) is 0 Å². The van der Waals surface area contributed by atoms with Gasteiger partial charge in [0.15, 0.2) is 0 Å². The van der Waals surface area contributed by atoms with Crippen molar-refractivity contribution in [3.63, 3.8) is 0 Å². The van der Waals surface area contributed by atoms with Crippen LogP contribution >= 0.6 is 0 Å². The number of aryl methyl sites for hydroxylation is 1. The zero-order valence-corrected chi connectivity index (χ0v) is 14.9. The summed E-state index contributed by atoms with van der Waals surface area (Å²) >= 11 is 1.57. The molecule has 0 fully saturated rings. The van der Waals surface area contributed by atoms with Crippen molar-refractivity contribution in [3.05, 3.63) is 60.2 Å². The molecule has 3 rings (SSSR count). The van der Waals surface area contributed by atoms with Crippen LogP contribution in [0.3, 0.4) is 0 Å². The fourth-order valence-electron chi connectivity index (χ4n) is 2.31. The topological polar surface area (TPSA) is 39.1 Å². The van der Waals surface area contributed by atoms with Gasteiger partial charge in [-0.15, -0.1) is 0 Å². The van der Waals surface area contributed by atoms with E-state index >= 15 is 0 Å². The minimum absolute atomic E-state index is 0.344. The average molecular weight is 405 g/mol. The van der Waals surface area contributed by atoms with E-state index in [4.69, 9.17) is 0 Å². The van der Waals surface area contributed by atoms with Gasteiger partial charge >= 0.3 is 142 Å². The summed E-state index contributed by atoms with van der Waals surface area (Å²) < 4.78 is 28.4. The predicted molar refractivity (Wildman–Crippen MR) is 86.8 cm³/mol. The summed E-state index contributed by atoms with van der Waals surface area (Å²) in [5, 5.41) is 0.982. The first kappa shape index (κ1) is 15.2. The molecule has 0 saturated heterocycles. The molecule has 2 aromatic carbocycles. The second-order valence-electron chi connectivity index (χ2n) is 4.83. The van der Waals surface area contributed by atoms with E-state index in [1.54, 1.807) is 12.1 Å². The zero-order chi connectivity index (χ0) is 15.0. The van der Waals surface area contributed by atoms with Crippen molar-refractivity contribution in [1.82, 2.24) is 3.97 Å². The Balaban J connectivity index is 2.30. The Kier molecular flexibility index (Phi) is 4.23. The number of hydrogen-bond acceptors (Lipinski definition) is 2. The van der Waals surface area contributed by atoms with Crippen LogP contribution in [-0.4, -0.2) is 45.0 Å². The molecule has 3 nitrogen and oxygen atoms in total. The number of nitrogens with zero attached hydrogens (tertiary/aromatic N) is 1. The Morgan fingerprint density at radius 3 is 2.38 bits per heavy atom. The summed E-state index contributed by atoms with van der Waals surface area (Å²) in [6, 6.07) is 16.7. The molecule has 0 aliphatic carbocycles. The Labute approximate surface area is 140 Å². The van der Waals surface area contributed by atoms with Crippen LogP contribution in [0.15, 0.2) is 59.5 Å². The molecule has 0 aliphatic heterocycles. The van der Waals surface area contributed by atoms with Crippen molar-refractivity contribution < 1.29 is 8.42 Å². The number of rotatable bonds is 3. The molecule has 1 aromatic heterocycles. The molecule has 0 bridgehead atoms. The SMILES string of the molecule is [Li][Te]c1cc2ccccc2n1S(=O)(=O)c1ccc(C)cc1. The normalized spacial score (nSPS) is 12.0. The fraction of sp³-hybridized carbons (Fsp3) is 0.0667. The molecular formula is C15H12LiNO2STe. The van der Waals surface area contributed by atoms with E-state index in [0.717, 1.165) is 20.2 Å². The molecule has 0 saturated carbocycles. The van der Waals surface area contributed by atoms with Gasteiger partial charge in [-0.2, -0.15) is 0 Å². The van der Waals surface area contributed by atoms with Crippen molar-refractivity contribution in [2.24, 2.45) is 0 Å². The first-order chi connectivity index (χ1) is 10.0. The third kappa shape index (κ3) is 2.70. The number of aromatic nitrogens is 1. The Hall–Kier alpha value is -0.683. The van der Waals surface area contributed by atoms with Crippen LogP contribution in [0.2, 0.25) is 0 Å². The Morgan fingerprint density at radius 2 is 1.71 bits per heavy atom. The first-order valence-corrected chi connectivity index (χ1v) is 11.4. The summed E-state index contributed by atoms with van der Waals surface area (Å²) in [5.41, 5.74) is 1.82. The van der Waals surface area contributed by atoms with E-state index in [1.807, 2.05) is 49.4 Å². The molecule has 0 amide bonds. The van der Waals surface area contributed by atoms with Crippen LogP contribution in [0.1, 0.15) is 5.56 Å². The number of benzene rings is 2. The number of fused-ring (bicyclic) bond motifs is 1. The standard InChI is InChI=1S/C15H13NO2STe.Li/c1-11-6-8-13(9-7-11)19(17,18)16-14-5-3-2-4-12(14)10-15(16)20;/h2-10,20H,1H3;/q;+1/p-1. The molecule has 0 N–H and O–H groups in total. The average Bonchev–Trinajstić information content (AvgIpc) is 2.87. The molecular weight excluding hydrogens is 393 g/mol. The van der Waals surface area contributed by atoms with Gasteiger partial charge in [-0.05, 0) is 0 Å². The van der Waals surface area contributed by atoms with Crippen molar-refractivity contribution >= 4 is 57.3 Å². The number of hydrogen-bond donors (Lipinski definition) is 0. The molecule has 21 heavy (non-hydrogen) atoms. The monoisotopic (exact) mass is 407 g/mol. The molecule has 1 heterocycles. The second kappa shape index (κ2) is 5.84. The molecule has 3 aromatic rings. The van der Waals surface area contributed by atoms with Gasteiger partial charge in [-0.1, -0.05) is 0 Å². The van der Waals surface area contributed by atoms with Crippen molar-refractivity contribution in [2.45, 2.75) is 11.8 Å². The molecule has 0 spiro atoms. The van der Waals surface area contributed by atoms with E-state index in [2.05, 4.69) is 14.3 Å². The zero-order valence-electron chi connectivity index (χ0n) is 11.8. The third-order valence-corrected chi connectivity index (χ3v) is 7.56. The van der Waals surface area contributed by atoms with Crippen LogP contribution in [0, 0.1) is 6.92 Å². The van der Waals surface area contributed by atoms with Gasteiger partial charge in [0.05, 0.1) is 0 Å². The quantitative estimate of drug-likeness (QED) is 0.622. The fourth-order valence-corrected chi connectivity index (χ4v) is 6.51. The van der Waals surface area contributed by atoms with Gasteiger partial charge in [-0.3, -0.25) is 0 Å². The van der Waals surface area contributed by atoms with Crippen LogP contribution in [0.25, 0.3) is 10.9 Å². The van der Waals surface area contributed by atoms with Gasteiger partial charge in [-0.25, -0.2) is 0 Å². The third-order valence-electron chi connectivity index (χ3n) is 3.40. The van der Waals surface area contributed by atoms with Crippen molar-refractivity contribution in [3.8, 4) is 0 Å². The summed E-state index contributed by atoms with van der Waals surface area (Å²) in [7, 11) is -3.53. The van der Waals surface area contributed by atoms with E-state index in [0.29, 0.717) is 4.90 Å². The van der Waals surface area contributed by atoms with Crippen LogP contribution in [-0.2, 0) is 10.0 Å². The van der Waals surface area contributed by atoms with Crippen LogP contribution in [0.5, 0.6) is 0 Å². The van der Waals surface area contributed by atoms with Gasteiger partial charge in [0.2, 0.25) is 0 Å². The Bertz CT molecular complexity index is 901. The Morgan fingerprint density at radius 1 is 1.05 bits per heavy atom. The molecule has 6 heteroatoms. The summed E-state index contributed by atoms with van der Waals surface area (Å²) in [4.78, 5) is 0.344. The first-order valence-electron chi connectivity index (χ1n) is 6.51. The summed E-state index contributed by atoms with van der Waals surface area (Å²) in [5.74, 6) is 0. The van der Waals surface area contributed by atoms with E-state index < -0.39 is 28.3 Å². The summed E-state index contributed by atoms with van der Waals surface area (Å²) in [6.45, 7) is 1.95. The van der Waals surface area contributed by atoms with Gasteiger partial charge in [0.1, 0.15) is 0 Å². The second-order valence-corrected chi connectivity index (χ2v) is 8.97.